The number of nitrogens with zero attached hydrogens (tertiary/aromatic N) is 1. The molecule has 23 heavy (non-hydrogen) atoms. The average Bonchev–Trinajstić information content (AvgIpc) is 2.92. The SMILES string of the molecule is Cc1nc(C(C)NC(=O)CCCOc2ccc(Cl)cc2Br)cs1. The molecule has 124 valence electrons. The number of carbonyl (C=O) groups is 1. The van der Waals surface area contributed by atoms with E-state index in [2.05, 4.69) is 26.2 Å². The maximum absolute atomic E-state index is 11.9. The van der Waals surface area contributed by atoms with Crippen LogP contribution in [0.2, 0.25) is 5.02 Å². The van der Waals surface area contributed by atoms with E-state index in [4.69, 9.17) is 16.3 Å². The predicted octanol–water partition coefficient (Wildman–Crippen LogP) is 4.90. The second-order valence-electron chi connectivity index (χ2n) is 5.11. The van der Waals surface area contributed by atoms with Crippen molar-refractivity contribution in [3.8, 4) is 5.75 Å². The Hall–Kier alpha value is -1.11. The first kappa shape index (κ1) is 18.2. The molecule has 2 aromatic rings. The van der Waals surface area contributed by atoms with Crippen molar-refractivity contribution in [3.05, 3.63) is 43.8 Å². The molecule has 0 radical (unpaired) electrons. The van der Waals surface area contributed by atoms with Gasteiger partial charge in [-0.1, -0.05) is 11.6 Å². The highest BCUT2D eigenvalue weighted by Crippen LogP contribution is 2.28. The van der Waals surface area contributed by atoms with Crippen LogP contribution in [0.5, 0.6) is 5.75 Å². The van der Waals surface area contributed by atoms with E-state index in [1.807, 2.05) is 19.2 Å². The Morgan fingerprint density at radius 3 is 2.96 bits per heavy atom. The van der Waals surface area contributed by atoms with E-state index in [-0.39, 0.29) is 11.9 Å². The van der Waals surface area contributed by atoms with Crippen molar-refractivity contribution in [2.45, 2.75) is 32.7 Å². The van der Waals surface area contributed by atoms with Gasteiger partial charge in [0.05, 0.1) is 27.8 Å². The number of rotatable bonds is 7. The number of aromatic nitrogens is 1. The molecule has 0 saturated heterocycles. The van der Waals surface area contributed by atoms with Crippen molar-refractivity contribution in [2.75, 3.05) is 6.61 Å². The normalized spacial score (nSPS) is 12.0. The summed E-state index contributed by atoms with van der Waals surface area (Å²) in [4.78, 5) is 16.3. The van der Waals surface area contributed by atoms with Gasteiger partial charge in [0.1, 0.15) is 5.75 Å². The molecule has 0 aliphatic heterocycles. The van der Waals surface area contributed by atoms with Crippen LogP contribution in [0.15, 0.2) is 28.1 Å². The second kappa shape index (κ2) is 8.66. The first-order chi connectivity index (χ1) is 11.0. The summed E-state index contributed by atoms with van der Waals surface area (Å²) in [6.45, 7) is 4.36. The third-order valence-corrected chi connectivity index (χ3v) is 4.80. The Morgan fingerprint density at radius 2 is 2.30 bits per heavy atom. The van der Waals surface area contributed by atoms with Gasteiger partial charge in [0.2, 0.25) is 5.91 Å². The highest BCUT2D eigenvalue weighted by atomic mass is 79.9. The zero-order chi connectivity index (χ0) is 16.8. The fourth-order valence-corrected chi connectivity index (χ4v) is 3.48. The minimum absolute atomic E-state index is 0.00178. The molecule has 0 aliphatic carbocycles. The lowest BCUT2D eigenvalue weighted by Crippen LogP contribution is -2.27. The molecule has 0 spiro atoms. The van der Waals surface area contributed by atoms with Gasteiger partial charge in [0, 0.05) is 16.8 Å². The number of nitrogens with one attached hydrogen (secondary N) is 1. The lowest BCUT2D eigenvalue weighted by molar-refractivity contribution is -0.122. The summed E-state index contributed by atoms with van der Waals surface area (Å²) in [6, 6.07) is 5.28. The molecule has 0 saturated carbocycles. The molecular formula is C16H18BrClN2O2S. The molecule has 1 aromatic carbocycles. The van der Waals surface area contributed by atoms with Gasteiger partial charge in [0.25, 0.3) is 0 Å². The summed E-state index contributed by atoms with van der Waals surface area (Å²) in [5.74, 6) is 0.725. The highest BCUT2D eigenvalue weighted by molar-refractivity contribution is 9.10. The fraction of sp³-hybridized carbons (Fsp3) is 0.375. The lowest BCUT2D eigenvalue weighted by atomic mass is 10.2. The Kier molecular flexibility index (Phi) is 6.87. The molecule has 1 N–H and O–H groups in total. The Bertz CT molecular complexity index is 678. The quantitative estimate of drug-likeness (QED) is 0.652. The predicted molar refractivity (Wildman–Crippen MR) is 97.3 cm³/mol. The zero-order valence-corrected chi connectivity index (χ0v) is 16.1. The van der Waals surface area contributed by atoms with Crippen molar-refractivity contribution in [1.82, 2.24) is 10.3 Å². The summed E-state index contributed by atoms with van der Waals surface area (Å²) < 4.78 is 6.45. The van der Waals surface area contributed by atoms with E-state index in [1.165, 1.54) is 0 Å². The largest absolute Gasteiger partial charge is 0.492 e. The molecule has 1 unspecified atom stereocenters. The van der Waals surface area contributed by atoms with E-state index >= 15 is 0 Å². The number of halogens is 2. The number of hydrogen-bond donors (Lipinski definition) is 1. The van der Waals surface area contributed by atoms with Crippen molar-refractivity contribution in [3.63, 3.8) is 0 Å². The summed E-state index contributed by atoms with van der Waals surface area (Å²) >= 11 is 10.9. The summed E-state index contributed by atoms with van der Waals surface area (Å²) in [5, 5.41) is 6.57. The third kappa shape index (κ3) is 5.79. The molecule has 7 heteroatoms. The van der Waals surface area contributed by atoms with Gasteiger partial charge in [0.15, 0.2) is 0 Å². The van der Waals surface area contributed by atoms with Gasteiger partial charge in [-0.25, -0.2) is 4.98 Å². The highest BCUT2D eigenvalue weighted by Gasteiger charge is 2.12. The first-order valence-corrected chi connectivity index (χ1v) is 9.30. The maximum Gasteiger partial charge on any atom is 0.220 e. The van der Waals surface area contributed by atoms with Crippen molar-refractivity contribution in [2.24, 2.45) is 0 Å². The first-order valence-electron chi connectivity index (χ1n) is 7.25. The Balaban J connectivity index is 1.70. The average molecular weight is 418 g/mol. The summed E-state index contributed by atoms with van der Waals surface area (Å²) in [6.07, 6.45) is 1.06. The van der Waals surface area contributed by atoms with Crippen LogP contribution in [0, 0.1) is 6.92 Å². The van der Waals surface area contributed by atoms with Crippen LogP contribution in [0.25, 0.3) is 0 Å². The van der Waals surface area contributed by atoms with E-state index in [9.17, 15) is 4.79 Å². The van der Waals surface area contributed by atoms with E-state index in [0.717, 1.165) is 20.9 Å². The molecule has 0 bridgehead atoms. The Labute approximate surface area is 153 Å². The van der Waals surface area contributed by atoms with E-state index < -0.39 is 0 Å². The van der Waals surface area contributed by atoms with Crippen LogP contribution in [0.4, 0.5) is 0 Å². The summed E-state index contributed by atoms with van der Waals surface area (Å²) in [7, 11) is 0. The maximum atomic E-state index is 11.9. The zero-order valence-electron chi connectivity index (χ0n) is 12.9. The summed E-state index contributed by atoms with van der Waals surface area (Å²) in [5.41, 5.74) is 0.905. The van der Waals surface area contributed by atoms with Crippen LogP contribution >= 0.6 is 38.9 Å². The molecule has 1 aromatic heterocycles. The van der Waals surface area contributed by atoms with Crippen LogP contribution in [0.3, 0.4) is 0 Å². The van der Waals surface area contributed by atoms with Crippen molar-refractivity contribution in [1.29, 1.82) is 0 Å². The van der Waals surface area contributed by atoms with Crippen LogP contribution in [-0.2, 0) is 4.79 Å². The molecular weight excluding hydrogens is 400 g/mol. The smallest absolute Gasteiger partial charge is 0.220 e. The number of amides is 1. The van der Waals surface area contributed by atoms with Gasteiger partial charge >= 0.3 is 0 Å². The number of thiazole rings is 1. The minimum Gasteiger partial charge on any atom is -0.492 e. The van der Waals surface area contributed by atoms with Gasteiger partial charge in [-0.15, -0.1) is 11.3 Å². The van der Waals surface area contributed by atoms with Crippen molar-refractivity contribution < 1.29 is 9.53 Å². The monoisotopic (exact) mass is 416 g/mol. The molecule has 1 amide bonds. The molecule has 1 atom stereocenters. The second-order valence-corrected chi connectivity index (χ2v) is 7.46. The van der Waals surface area contributed by atoms with E-state index in [0.29, 0.717) is 24.5 Å². The van der Waals surface area contributed by atoms with Gasteiger partial charge in [-0.2, -0.15) is 0 Å². The number of ether oxygens (including phenoxy) is 1. The van der Waals surface area contributed by atoms with Gasteiger partial charge in [-0.05, 0) is 54.4 Å². The van der Waals surface area contributed by atoms with Crippen LogP contribution in [-0.4, -0.2) is 17.5 Å². The number of benzene rings is 1. The van der Waals surface area contributed by atoms with Gasteiger partial charge in [-0.3, -0.25) is 4.79 Å². The fourth-order valence-electron chi connectivity index (χ4n) is 1.97. The third-order valence-electron chi connectivity index (χ3n) is 3.16. The van der Waals surface area contributed by atoms with E-state index in [1.54, 1.807) is 29.5 Å². The number of aryl methyl sites for hydroxylation is 1. The number of hydrogen-bond acceptors (Lipinski definition) is 4. The molecule has 0 fully saturated rings. The standard InChI is InChI=1S/C16H18BrClN2O2S/c1-10(14-9-23-11(2)20-14)19-16(21)4-3-7-22-15-6-5-12(18)8-13(15)17/h5-6,8-10H,3-4,7H2,1-2H3,(H,19,21). The van der Waals surface area contributed by atoms with Crippen molar-refractivity contribution >= 4 is 44.8 Å². The number of carbonyl (C=O) groups excluding carboxylic acids is 1. The van der Waals surface area contributed by atoms with Gasteiger partial charge < -0.3 is 10.1 Å². The van der Waals surface area contributed by atoms with Crippen LogP contribution in [0.1, 0.15) is 36.5 Å². The molecule has 1 heterocycles. The van der Waals surface area contributed by atoms with Crippen LogP contribution < -0.4 is 10.1 Å². The Morgan fingerprint density at radius 1 is 1.52 bits per heavy atom. The molecule has 0 aliphatic rings. The lowest BCUT2D eigenvalue weighted by Gasteiger charge is -2.12. The molecule has 2 rings (SSSR count). The molecule has 4 nitrogen and oxygen atoms in total. The minimum atomic E-state index is -0.0706. The topological polar surface area (TPSA) is 51.2 Å².